The van der Waals surface area contributed by atoms with E-state index in [-0.39, 0.29) is 5.75 Å². The molecule has 2 aromatic heterocycles. The summed E-state index contributed by atoms with van der Waals surface area (Å²) >= 11 is 0. The van der Waals surface area contributed by atoms with Crippen molar-refractivity contribution in [2.75, 3.05) is 7.11 Å². The first-order valence-corrected chi connectivity index (χ1v) is 5.02. The van der Waals surface area contributed by atoms with E-state index in [0.717, 1.165) is 0 Å². The summed E-state index contributed by atoms with van der Waals surface area (Å²) in [5.41, 5.74) is 1.52. The summed E-state index contributed by atoms with van der Waals surface area (Å²) in [7, 11) is 3.10. The molecule has 0 aliphatic rings. The summed E-state index contributed by atoms with van der Waals surface area (Å²) < 4.78 is 6.35. The average molecular weight is 232 g/mol. The summed E-state index contributed by atoms with van der Waals surface area (Å²) in [5, 5.41) is 9.70. The zero-order valence-corrected chi connectivity index (χ0v) is 9.54. The number of methoxy groups -OCH3 is 1. The fraction of sp³-hybridized carbons (Fsp3) is 0.167. The Labute approximate surface area is 98.3 Å². The molecule has 0 radical (unpaired) electrons. The van der Waals surface area contributed by atoms with Gasteiger partial charge in [0.25, 0.3) is 0 Å². The number of rotatable bonds is 2. The summed E-state index contributed by atoms with van der Waals surface area (Å²) in [5.74, 6) is -0.340. The van der Waals surface area contributed by atoms with Gasteiger partial charge in [-0.25, -0.2) is 4.79 Å². The van der Waals surface area contributed by atoms with Gasteiger partial charge >= 0.3 is 5.97 Å². The predicted molar refractivity (Wildman–Crippen MR) is 61.6 cm³/mol. The van der Waals surface area contributed by atoms with Gasteiger partial charge in [-0.2, -0.15) is 0 Å². The third-order valence-electron chi connectivity index (χ3n) is 2.46. The van der Waals surface area contributed by atoms with E-state index in [9.17, 15) is 9.90 Å². The molecule has 2 rings (SSSR count). The molecule has 0 unspecified atom stereocenters. The number of pyridine rings is 1. The zero-order valence-electron chi connectivity index (χ0n) is 9.54. The monoisotopic (exact) mass is 232 g/mol. The molecule has 5 heteroatoms. The molecule has 2 aromatic rings. The Hall–Kier alpha value is -2.30. The van der Waals surface area contributed by atoms with Gasteiger partial charge < -0.3 is 14.4 Å². The van der Waals surface area contributed by atoms with Crippen LogP contribution in [0.1, 0.15) is 10.4 Å². The first-order valence-electron chi connectivity index (χ1n) is 5.02. The molecule has 0 saturated heterocycles. The molecule has 0 atom stereocenters. The number of hydrogen-bond donors (Lipinski definition) is 1. The number of ether oxygens (including phenoxy) is 1. The van der Waals surface area contributed by atoms with E-state index in [1.165, 1.54) is 7.11 Å². The second-order valence-corrected chi connectivity index (χ2v) is 3.59. The van der Waals surface area contributed by atoms with Crippen LogP contribution < -0.4 is 0 Å². The first-order chi connectivity index (χ1) is 8.13. The minimum absolute atomic E-state index is 0.0742. The van der Waals surface area contributed by atoms with Crippen LogP contribution in [-0.2, 0) is 11.8 Å². The van der Waals surface area contributed by atoms with Gasteiger partial charge in [-0.3, -0.25) is 4.98 Å². The molecule has 17 heavy (non-hydrogen) atoms. The molecule has 0 amide bonds. The van der Waals surface area contributed by atoms with Gasteiger partial charge in [0.15, 0.2) is 0 Å². The van der Waals surface area contributed by atoms with Crippen LogP contribution in [0.3, 0.4) is 0 Å². The Balaban J connectivity index is 2.50. The zero-order chi connectivity index (χ0) is 12.4. The minimum Gasteiger partial charge on any atom is -0.506 e. The Bertz CT molecular complexity index is 561. The molecule has 2 heterocycles. The number of nitrogens with zero attached hydrogens (tertiary/aromatic N) is 2. The van der Waals surface area contributed by atoms with E-state index < -0.39 is 5.97 Å². The van der Waals surface area contributed by atoms with Crippen LogP contribution in [0.2, 0.25) is 0 Å². The summed E-state index contributed by atoms with van der Waals surface area (Å²) in [6, 6.07) is 4.82. The quantitative estimate of drug-likeness (QED) is 0.798. The van der Waals surface area contributed by atoms with Crippen LogP contribution in [0.5, 0.6) is 5.75 Å². The number of esters is 1. The molecule has 0 fully saturated rings. The Morgan fingerprint density at radius 3 is 2.94 bits per heavy atom. The molecule has 5 nitrogen and oxygen atoms in total. The smallest absolute Gasteiger partial charge is 0.339 e. The molecular formula is C12H12N2O3. The Kier molecular flexibility index (Phi) is 2.82. The Morgan fingerprint density at radius 1 is 1.53 bits per heavy atom. The van der Waals surface area contributed by atoms with Gasteiger partial charge in [-0.15, -0.1) is 0 Å². The van der Waals surface area contributed by atoms with Crippen molar-refractivity contribution in [2.45, 2.75) is 0 Å². The second kappa shape index (κ2) is 4.29. The fourth-order valence-electron chi connectivity index (χ4n) is 1.62. The molecule has 0 aliphatic carbocycles. The molecule has 0 spiro atoms. The van der Waals surface area contributed by atoms with Crippen LogP contribution in [0.25, 0.3) is 11.4 Å². The highest BCUT2D eigenvalue weighted by atomic mass is 16.5. The maximum absolute atomic E-state index is 11.4. The van der Waals surface area contributed by atoms with Crippen molar-refractivity contribution in [3.05, 3.63) is 36.2 Å². The van der Waals surface area contributed by atoms with Crippen molar-refractivity contribution < 1.29 is 14.6 Å². The molecule has 0 saturated carbocycles. The largest absolute Gasteiger partial charge is 0.506 e. The number of aromatic hydroxyl groups is 1. The van der Waals surface area contributed by atoms with Gasteiger partial charge in [-0.1, -0.05) is 0 Å². The molecule has 88 valence electrons. The lowest BCUT2D eigenvalue weighted by atomic mass is 10.2. The van der Waals surface area contributed by atoms with E-state index >= 15 is 0 Å². The third-order valence-corrected chi connectivity index (χ3v) is 2.46. The van der Waals surface area contributed by atoms with Gasteiger partial charge in [0, 0.05) is 19.4 Å². The summed E-state index contributed by atoms with van der Waals surface area (Å²) in [6.45, 7) is 0. The number of carbonyl (C=O) groups is 1. The van der Waals surface area contributed by atoms with Crippen molar-refractivity contribution in [3.63, 3.8) is 0 Å². The fourth-order valence-corrected chi connectivity index (χ4v) is 1.62. The maximum Gasteiger partial charge on any atom is 0.339 e. The third kappa shape index (κ3) is 1.99. The van der Waals surface area contributed by atoms with E-state index in [4.69, 9.17) is 0 Å². The van der Waals surface area contributed by atoms with Crippen molar-refractivity contribution in [1.82, 2.24) is 9.55 Å². The standard InChI is InChI=1S/C12H12N2O3/c1-14-7-8(12(16)17-2)6-9(14)11-10(15)4-3-5-13-11/h3-7,15H,1-2H3. The topological polar surface area (TPSA) is 64.3 Å². The Morgan fingerprint density at radius 2 is 2.29 bits per heavy atom. The number of aromatic nitrogens is 2. The number of aryl methyl sites for hydroxylation is 1. The summed E-state index contributed by atoms with van der Waals surface area (Å²) in [4.78, 5) is 15.5. The lowest BCUT2D eigenvalue weighted by Crippen LogP contribution is -1.98. The summed E-state index contributed by atoms with van der Waals surface area (Å²) in [6.07, 6.45) is 3.22. The highest BCUT2D eigenvalue weighted by Crippen LogP contribution is 2.27. The predicted octanol–water partition coefficient (Wildman–Crippen LogP) is 1.58. The van der Waals surface area contributed by atoms with Crippen molar-refractivity contribution >= 4 is 5.97 Å². The first kappa shape index (κ1) is 11.2. The SMILES string of the molecule is COC(=O)c1cc(-c2ncccc2O)n(C)c1. The minimum atomic E-state index is -0.415. The molecule has 0 bridgehead atoms. The van der Waals surface area contributed by atoms with E-state index in [0.29, 0.717) is 17.0 Å². The normalized spacial score (nSPS) is 10.2. The van der Waals surface area contributed by atoms with Crippen molar-refractivity contribution in [3.8, 4) is 17.1 Å². The lowest BCUT2D eigenvalue weighted by molar-refractivity contribution is 0.0600. The molecule has 0 aliphatic heterocycles. The maximum atomic E-state index is 11.4. The van der Waals surface area contributed by atoms with Crippen LogP contribution in [0.4, 0.5) is 0 Å². The molecule has 0 aromatic carbocycles. The van der Waals surface area contributed by atoms with Crippen LogP contribution in [0.15, 0.2) is 30.6 Å². The van der Waals surface area contributed by atoms with Gasteiger partial charge in [0.1, 0.15) is 11.4 Å². The highest BCUT2D eigenvalue weighted by Gasteiger charge is 2.14. The van der Waals surface area contributed by atoms with Crippen LogP contribution in [0, 0.1) is 0 Å². The molecular weight excluding hydrogens is 220 g/mol. The van der Waals surface area contributed by atoms with Crippen molar-refractivity contribution in [1.29, 1.82) is 0 Å². The van der Waals surface area contributed by atoms with Gasteiger partial charge in [-0.05, 0) is 18.2 Å². The van der Waals surface area contributed by atoms with E-state index in [1.807, 2.05) is 0 Å². The van der Waals surface area contributed by atoms with Crippen molar-refractivity contribution in [2.24, 2.45) is 7.05 Å². The van der Waals surface area contributed by atoms with Crippen LogP contribution >= 0.6 is 0 Å². The highest BCUT2D eigenvalue weighted by molar-refractivity contribution is 5.91. The van der Waals surface area contributed by atoms with E-state index in [1.54, 1.807) is 42.2 Å². The van der Waals surface area contributed by atoms with Gasteiger partial charge in [0.05, 0.1) is 18.4 Å². The van der Waals surface area contributed by atoms with Gasteiger partial charge in [0.2, 0.25) is 0 Å². The second-order valence-electron chi connectivity index (χ2n) is 3.59. The number of carbonyl (C=O) groups excluding carboxylic acids is 1. The number of hydrogen-bond acceptors (Lipinski definition) is 4. The molecule has 1 N–H and O–H groups in total. The van der Waals surface area contributed by atoms with Crippen LogP contribution in [-0.4, -0.2) is 27.7 Å². The average Bonchev–Trinajstić information content (AvgIpc) is 2.71. The lowest BCUT2D eigenvalue weighted by Gasteiger charge is -2.03. The van der Waals surface area contributed by atoms with E-state index in [2.05, 4.69) is 9.72 Å².